The van der Waals surface area contributed by atoms with Gasteiger partial charge in [0, 0.05) is 0 Å². The van der Waals surface area contributed by atoms with Crippen LogP contribution in [0.25, 0.3) is 5.69 Å². The van der Waals surface area contributed by atoms with Crippen LogP contribution in [0.3, 0.4) is 0 Å². The molecule has 0 aliphatic heterocycles. The maximum atomic E-state index is 11.7. The van der Waals surface area contributed by atoms with E-state index in [1.807, 2.05) is 6.07 Å². The van der Waals surface area contributed by atoms with Crippen LogP contribution in [0.4, 0.5) is 5.69 Å². The average molecular weight is 335 g/mol. The molecular weight excluding hydrogens is 324 g/mol. The van der Waals surface area contributed by atoms with E-state index in [4.69, 9.17) is 15.7 Å². The molecule has 0 saturated heterocycles. The maximum absolute atomic E-state index is 11.7. The second kappa shape index (κ2) is 5.75. The number of aromatic nitrogens is 2. The minimum absolute atomic E-state index is 0.0584. The number of anilines is 1. The van der Waals surface area contributed by atoms with Crippen LogP contribution in [-0.2, 0) is 4.74 Å². The van der Waals surface area contributed by atoms with Crippen LogP contribution in [-0.4, -0.2) is 22.4 Å². The Balaban J connectivity index is 2.45. The van der Waals surface area contributed by atoms with Gasteiger partial charge in [-0.15, -0.1) is 0 Å². The molecule has 0 amide bonds. The normalized spacial score (nSPS) is 10.1. The Morgan fingerprint density at radius 1 is 1.50 bits per heavy atom. The van der Waals surface area contributed by atoms with E-state index in [1.54, 1.807) is 31.2 Å². The van der Waals surface area contributed by atoms with Crippen LogP contribution in [0.1, 0.15) is 23.0 Å². The van der Waals surface area contributed by atoms with Crippen LogP contribution in [0.2, 0.25) is 0 Å². The van der Waals surface area contributed by atoms with Gasteiger partial charge in [-0.1, -0.05) is 0 Å². The minimum atomic E-state index is -0.571. The minimum Gasteiger partial charge on any atom is -0.461 e. The highest BCUT2D eigenvalue weighted by Crippen LogP contribution is 2.27. The van der Waals surface area contributed by atoms with E-state index < -0.39 is 5.97 Å². The van der Waals surface area contributed by atoms with Crippen LogP contribution in [0.15, 0.2) is 28.9 Å². The first kappa shape index (κ1) is 14.1. The molecule has 1 aromatic heterocycles. The number of nitrogen functional groups attached to an aromatic ring is 1. The first-order valence-corrected chi connectivity index (χ1v) is 6.59. The molecule has 0 saturated carbocycles. The Labute approximate surface area is 123 Å². The molecule has 0 atom stereocenters. The molecule has 0 spiro atoms. The molecule has 0 bridgehead atoms. The molecule has 1 aromatic carbocycles. The number of ether oxygens (including phenoxy) is 1. The third-order valence-corrected chi connectivity index (χ3v) is 3.34. The van der Waals surface area contributed by atoms with E-state index in [9.17, 15) is 4.79 Å². The molecule has 6 nitrogen and oxygen atoms in total. The van der Waals surface area contributed by atoms with Crippen molar-refractivity contribution in [2.75, 3.05) is 12.3 Å². The number of nitrogens with zero attached hydrogens (tertiary/aromatic N) is 3. The van der Waals surface area contributed by atoms with E-state index in [2.05, 4.69) is 21.0 Å². The molecule has 7 heteroatoms. The quantitative estimate of drug-likeness (QED) is 0.869. The largest absolute Gasteiger partial charge is 0.461 e. The molecule has 2 N–H and O–H groups in total. The van der Waals surface area contributed by atoms with E-state index in [0.29, 0.717) is 15.9 Å². The summed E-state index contributed by atoms with van der Waals surface area (Å²) in [5.74, 6) is -0.571. The van der Waals surface area contributed by atoms with Gasteiger partial charge in [-0.3, -0.25) is 0 Å². The SMILES string of the molecule is CCOC(=O)c1nn(-c2ccc(C#N)cc2)c(Br)c1N. The van der Waals surface area contributed by atoms with Gasteiger partial charge in [-0.2, -0.15) is 10.4 Å². The first-order valence-electron chi connectivity index (χ1n) is 5.80. The van der Waals surface area contributed by atoms with Gasteiger partial charge in [0.25, 0.3) is 0 Å². The average Bonchev–Trinajstić information content (AvgIpc) is 2.76. The van der Waals surface area contributed by atoms with Crippen LogP contribution < -0.4 is 5.73 Å². The molecule has 0 aliphatic rings. The Bertz CT molecular complexity index is 686. The predicted molar refractivity (Wildman–Crippen MR) is 76.3 cm³/mol. The third kappa shape index (κ3) is 2.51. The van der Waals surface area contributed by atoms with Crippen molar-refractivity contribution in [3.63, 3.8) is 0 Å². The van der Waals surface area contributed by atoms with Crippen molar-refractivity contribution in [1.82, 2.24) is 9.78 Å². The summed E-state index contributed by atoms with van der Waals surface area (Å²) in [5, 5.41) is 12.9. The van der Waals surface area contributed by atoms with E-state index in [-0.39, 0.29) is 18.0 Å². The third-order valence-electron chi connectivity index (χ3n) is 2.57. The Morgan fingerprint density at radius 2 is 2.15 bits per heavy atom. The zero-order valence-electron chi connectivity index (χ0n) is 10.6. The van der Waals surface area contributed by atoms with Crippen molar-refractivity contribution in [3.8, 4) is 11.8 Å². The number of rotatable bonds is 3. The van der Waals surface area contributed by atoms with Gasteiger partial charge in [0.2, 0.25) is 0 Å². The van der Waals surface area contributed by atoms with Gasteiger partial charge >= 0.3 is 5.97 Å². The lowest BCUT2D eigenvalue weighted by atomic mass is 10.2. The highest BCUT2D eigenvalue weighted by atomic mass is 79.9. The molecule has 20 heavy (non-hydrogen) atoms. The number of halogens is 1. The van der Waals surface area contributed by atoms with Gasteiger partial charge in [0.05, 0.1) is 23.9 Å². The van der Waals surface area contributed by atoms with E-state index in [1.165, 1.54) is 4.68 Å². The second-order valence-corrected chi connectivity index (χ2v) is 4.60. The Hall–Kier alpha value is -2.33. The Morgan fingerprint density at radius 3 is 2.70 bits per heavy atom. The summed E-state index contributed by atoms with van der Waals surface area (Å²) in [4.78, 5) is 11.7. The van der Waals surface area contributed by atoms with Crippen molar-refractivity contribution in [3.05, 3.63) is 40.1 Å². The fourth-order valence-corrected chi connectivity index (χ4v) is 2.08. The number of nitriles is 1. The fraction of sp³-hybridized carbons (Fsp3) is 0.154. The molecule has 0 unspecified atom stereocenters. The van der Waals surface area contributed by atoms with Crippen molar-refractivity contribution < 1.29 is 9.53 Å². The van der Waals surface area contributed by atoms with Crippen molar-refractivity contribution in [2.45, 2.75) is 6.92 Å². The molecule has 0 fully saturated rings. The molecule has 1 heterocycles. The summed E-state index contributed by atoms with van der Waals surface area (Å²) in [6.45, 7) is 1.96. The fourth-order valence-electron chi connectivity index (χ4n) is 1.61. The van der Waals surface area contributed by atoms with Crippen LogP contribution >= 0.6 is 15.9 Å². The van der Waals surface area contributed by atoms with Gasteiger partial charge < -0.3 is 10.5 Å². The van der Waals surface area contributed by atoms with E-state index in [0.717, 1.165) is 0 Å². The number of hydrogen-bond donors (Lipinski definition) is 1. The van der Waals surface area contributed by atoms with Gasteiger partial charge in [0.1, 0.15) is 10.3 Å². The van der Waals surface area contributed by atoms with Crippen LogP contribution in [0, 0.1) is 11.3 Å². The molecular formula is C13H11BrN4O2. The van der Waals surface area contributed by atoms with Gasteiger partial charge in [-0.05, 0) is 47.1 Å². The predicted octanol–water partition coefficient (Wildman–Crippen LogP) is 2.27. The summed E-state index contributed by atoms with van der Waals surface area (Å²) in [7, 11) is 0. The summed E-state index contributed by atoms with van der Waals surface area (Å²) in [5.41, 5.74) is 7.34. The molecule has 2 aromatic rings. The Kier molecular flexibility index (Phi) is 4.05. The zero-order chi connectivity index (χ0) is 14.7. The van der Waals surface area contributed by atoms with Gasteiger partial charge in [-0.25, -0.2) is 9.48 Å². The number of nitrogens with two attached hydrogens (primary N) is 1. The van der Waals surface area contributed by atoms with Crippen molar-refractivity contribution >= 4 is 27.6 Å². The molecule has 0 aliphatic carbocycles. The summed E-state index contributed by atoms with van der Waals surface area (Å²) < 4.78 is 6.83. The molecule has 102 valence electrons. The lowest BCUT2D eigenvalue weighted by Crippen LogP contribution is -2.08. The zero-order valence-corrected chi connectivity index (χ0v) is 12.2. The number of esters is 1. The topological polar surface area (TPSA) is 93.9 Å². The molecule has 0 radical (unpaired) electrons. The summed E-state index contributed by atoms with van der Waals surface area (Å²) in [6, 6.07) is 8.77. The maximum Gasteiger partial charge on any atom is 0.361 e. The lowest BCUT2D eigenvalue weighted by Gasteiger charge is -2.02. The summed E-state index contributed by atoms with van der Waals surface area (Å²) >= 11 is 3.30. The molecule has 2 rings (SSSR count). The highest BCUT2D eigenvalue weighted by molar-refractivity contribution is 9.10. The van der Waals surface area contributed by atoms with Crippen molar-refractivity contribution in [1.29, 1.82) is 5.26 Å². The highest BCUT2D eigenvalue weighted by Gasteiger charge is 2.21. The summed E-state index contributed by atoms with van der Waals surface area (Å²) in [6.07, 6.45) is 0. The van der Waals surface area contributed by atoms with Crippen LogP contribution in [0.5, 0.6) is 0 Å². The standard InChI is InChI=1S/C13H11BrN4O2/c1-2-20-13(19)11-10(16)12(14)18(17-11)9-5-3-8(7-15)4-6-9/h3-6H,2,16H2,1H3. The number of carbonyl (C=O) groups is 1. The number of carbonyl (C=O) groups excluding carboxylic acids is 1. The number of benzene rings is 1. The van der Waals surface area contributed by atoms with E-state index >= 15 is 0 Å². The lowest BCUT2D eigenvalue weighted by molar-refractivity contribution is 0.0520. The monoisotopic (exact) mass is 334 g/mol. The second-order valence-electron chi connectivity index (χ2n) is 3.84. The smallest absolute Gasteiger partial charge is 0.361 e. The number of hydrogen-bond acceptors (Lipinski definition) is 5. The van der Waals surface area contributed by atoms with Gasteiger partial charge in [0.15, 0.2) is 5.69 Å². The van der Waals surface area contributed by atoms with Crippen molar-refractivity contribution in [2.24, 2.45) is 0 Å². The first-order chi connectivity index (χ1) is 9.58.